The molecular formula is C12H12N4O5. The summed E-state index contributed by atoms with van der Waals surface area (Å²) in [7, 11) is 0. The number of carboxylic acids is 2. The van der Waals surface area contributed by atoms with Crippen LogP contribution in [0.2, 0.25) is 0 Å². The van der Waals surface area contributed by atoms with Crippen LogP contribution >= 0.6 is 0 Å². The molecule has 1 heterocycles. The molecular weight excluding hydrogens is 280 g/mol. The highest BCUT2D eigenvalue weighted by molar-refractivity contribution is 5.76. The van der Waals surface area contributed by atoms with Crippen LogP contribution in [0.3, 0.4) is 0 Å². The fraction of sp³-hybridized carbons (Fsp3) is 0.250. The van der Waals surface area contributed by atoms with Gasteiger partial charge in [0.25, 0.3) is 5.56 Å². The van der Waals surface area contributed by atoms with E-state index >= 15 is 0 Å². The van der Waals surface area contributed by atoms with Gasteiger partial charge in [0, 0.05) is 0 Å². The molecule has 2 rings (SSSR count). The fourth-order valence-corrected chi connectivity index (χ4v) is 1.84. The van der Waals surface area contributed by atoms with Gasteiger partial charge in [-0.1, -0.05) is 17.3 Å². The van der Waals surface area contributed by atoms with Crippen molar-refractivity contribution in [1.82, 2.24) is 19.9 Å². The standard InChI is InChI=1S/C12H12N4O5/c17-10(18)5-15(6-11(19)20)7-16-12(21)8-3-1-2-4-9(8)13-14-16/h1-4H,5-7H2,(H,17,18)(H,19,20). The van der Waals surface area contributed by atoms with Crippen LogP contribution in [0, 0.1) is 0 Å². The number of hydrogen-bond donors (Lipinski definition) is 2. The fourth-order valence-electron chi connectivity index (χ4n) is 1.84. The van der Waals surface area contributed by atoms with Gasteiger partial charge in [0.1, 0.15) is 5.52 Å². The van der Waals surface area contributed by atoms with Gasteiger partial charge in [-0.05, 0) is 12.1 Å². The average molecular weight is 292 g/mol. The zero-order chi connectivity index (χ0) is 15.4. The largest absolute Gasteiger partial charge is 0.480 e. The summed E-state index contributed by atoms with van der Waals surface area (Å²) in [6, 6.07) is 6.58. The van der Waals surface area contributed by atoms with Crippen molar-refractivity contribution in [2.75, 3.05) is 13.1 Å². The molecule has 0 aliphatic rings. The van der Waals surface area contributed by atoms with Crippen LogP contribution in [0.15, 0.2) is 29.1 Å². The summed E-state index contributed by atoms with van der Waals surface area (Å²) in [4.78, 5) is 34.7. The van der Waals surface area contributed by atoms with E-state index in [2.05, 4.69) is 10.3 Å². The number of fused-ring (bicyclic) bond motifs is 1. The molecule has 0 amide bonds. The molecule has 0 atom stereocenters. The molecule has 0 fully saturated rings. The van der Waals surface area contributed by atoms with Gasteiger partial charge in [-0.3, -0.25) is 19.3 Å². The zero-order valence-corrected chi connectivity index (χ0v) is 10.8. The second-order valence-corrected chi connectivity index (χ2v) is 4.33. The van der Waals surface area contributed by atoms with Gasteiger partial charge in [-0.25, -0.2) is 0 Å². The van der Waals surface area contributed by atoms with Gasteiger partial charge < -0.3 is 10.2 Å². The second-order valence-electron chi connectivity index (χ2n) is 4.33. The Morgan fingerprint density at radius 2 is 1.76 bits per heavy atom. The molecule has 9 heteroatoms. The summed E-state index contributed by atoms with van der Waals surface area (Å²) >= 11 is 0. The van der Waals surface area contributed by atoms with Crippen molar-refractivity contribution in [3.05, 3.63) is 34.6 Å². The highest BCUT2D eigenvalue weighted by Crippen LogP contribution is 2.03. The van der Waals surface area contributed by atoms with Gasteiger partial charge in [0.2, 0.25) is 0 Å². The normalized spacial score (nSPS) is 10.9. The molecule has 1 aromatic carbocycles. The molecule has 0 aliphatic heterocycles. The van der Waals surface area contributed by atoms with Crippen LogP contribution < -0.4 is 5.56 Å². The maximum absolute atomic E-state index is 12.2. The number of hydrogen-bond acceptors (Lipinski definition) is 6. The summed E-state index contributed by atoms with van der Waals surface area (Å²) in [5.41, 5.74) is -0.0388. The molecule has 0 saturated heterocycles. The molecule has 0 spiro atoms. The van der Waals surface area contributed by atoms with Crippen molar-refractivity contribution in [3.63, 3.8) is 0 Å². The van der Waals surface area contributed by atoms with Crippen molar-refractivity contribution in [2.24, 2.45) is 0 Å². The van der Waals surface area contributed by atoms with Gasteiger partial charge in [0.15, 0.2) is 0 Å². The van der Waals surface area contributed by atoms with Crippen molar-refractivity contribution in [1.29, 1.82) is 0 Å². The van der Waals surface area contributed by atoms with Crippen LogP contribution in [-0.2, 0) is 16.3 Å². The lowest BCUT2D eigenvalue weighted by Crippen LogP contribution is -2.40. The van der Waals surface area contributed by atoms with Gasteiger partial charge in [-0.2, -0.15) is 4.68 Å². The number of aliphatic carboxylic acids is 2. The number of nitrogens with zero attached hydrogens (tertiary/aromatic N) is 4. The van der Waals surface area contributed by atoms with Crippen molar-refractivity contribution >= 4 is 22.8 Å². The van der Waals surface area contributed by atoms with Crippen molar-refractivity contribution < 1.29 is 19.8 Å². The summed E-state index contributed by atoms with van der Waals surface area (Å²) in [5.74, 6) is -2.39. The number of benzene rings is 1. The molecule has 0 radical (unpaired) electrons. The summed E-state index contributed by atoms with van der Waals surface area (Å²) in [6.07, 6.45) is 0. The van der Waals surface area contributed by atoms with Gasteiger partial charge in [-0.15, -0.1) is 5.10 Å². The molecule has 0 aliphatic carbocycles. The zero-order valence-electron chi connectivity index (χ0n) is 10.8. The highest BCUT2D eigenvalue weighted by Gasteiger charge is 2.16. The Morgan fingerprint density at radius 3 is 2.38 bits per heavy atom. The van der Waals surface area contributed by atoms with E-state index in [0.717, 1.165) is 9.58 Å². The summed E-state index contributed by atoms with van der Waals surface area (Å²) < 4.78 is 0.939. The van der Waals surface area contributed by atoms with Crippen molar-refractivity contribution in [3.8, 4) is 0 Å². The minimum Gasteiger partial charge on any atom is -0.480 e. The number of carboxylic acid groups (broad SMARTS) is 2. The minimum atomic E-state index is -1.20. The predicted molar refractivity (Wildman–Crippen MR) is 70.6 cm³/mol. The van der Waals surface area contributed by atoms with E-state index in [4.69, 9.17) is 10.2 Å². The van der Waals surface area contributed by atoms with Gasteiger partial charge >= 0.3 is 11.9 Å². The molecule has 2 N–H and O–H groups in total. The monoisotopic (exact) mass is 292 g/mol. The molecule has 110 valence electrons. The summed E-state index contributed by atoms with van der Waals surface area (Å²) in [5, 5.41) is 25.4. The third kappa shape index (κ3) is 3.60. The van der Waals surface area contributed by atoms with Crippen LogP contribution in [0.5, 0.6) is 0 Å². The SMILES string of the molecule is O=C(O)CN(CC(=O)O)Cn1nnc2ccccc2c1=O. The van der Waals surface area contributed by atoms with E-state index in [1.165, 1.54) is 0 Å². The van der Waals surface area contributed by atoms with Crippen LogP contribution in [0.1, 0.15) is 0 Å². The maximum atomic E-state index is 12.2. The lowest BCUT2D eigenvalue weighted by molar-refractivity contribution is -0.142. The first-order valence-electron chi connectivity index (χ1n) is 5.96. The second kappa shape index (κ2) is 6.09. The maximum Gasteiger partial charge on any atom is 0.317 e. The first-order chi connectivity index (χ1) is 9.97. The van der Waals surface area contributed by atoms with Crippen LogP contribution in [-0.4, -0.2) is 55.1 Å². The van der Waals surface area contributed by atoms with E-state index in [0.29, 0.717) is 10.9 Å². The smallest absolute Gasteiger partial charge is 0.317 e. The Hall–Kier alpha value is -2.81. The summed E-state index contributed by atoms with van der Waals surface area (Å²) in [6.45, 7) is -1.31. The molecule has 1 aromatic heterocycles. The quantitative estimate of drug-likeness (QED) is 0.710. The molecule has 21 heavy (non-hydrogen) atoms. The molecule has 0 saturated carbocycles. The van der Waals surface area contributed by atoms with E-state index in [1.54, 1.807) is 24.3 Å². The Bertz CT molecular complexity index is 726. The third-order valence-corrected chi connectivity index (χ3v) is 2.68. The number of rotatable bonds is 6. The van der Waals surface area contributed by atoms with E-state index in [1.807, 2.05) is 0 Å². The first kappa shape index (κ1) is 14.6. The minimum absolute atomic E-state index is 0.269. The number of carbonyl (C=O) groups is 2. The lowest BCUT2D eigenvalue weighted by atomic mass is 10.2. The Labute approximate surface area is 118 Å². The molecule has 0 unspecified atom stereocenters. The highest BCUT2D eigenvalue weighted by atomic mass is 16.4. The topological polar surface area (TPSA) is 126 Å². The Morgan fingerprint density at radius 1 is 1.14 bits per heavy atom. The van der Waals surface area contributed by atoms with Crippen LogP contribution in [0.4, 0.5) is 0 Å². The third-order valence-electron chi connectivity index (χ3n) is 2.68. The van der Waals surface area contributed by atoms with E-state index < -0.39 is 30.6 Å². The average Bonchev–Trinajstić information content (AvgIpc) is 2.41. The lowest BCUT2D eigenvalue weighted by Gasteiger charge is -2.17. The predicted octanol–water partition coefficient (Wildman–Crippen LogP) is -0.780. The molecule has 2 aromatic rings. The van der Waals surface area contributed by atoms with E-state index in [9.17, 15) is 14.4 Å². The number of aromatic nitrogens is 3. The molecule has 0 bridgehead atoms. The Balaban J connectivity index is 2.32. The van der Waals surface area contributed by atoms with E-state index in [-0.39, 0.29) is 6.67 Å². The van der Waals surface area contributed by atoms with Crippen LogP contribution in [0.25, 0.3) is 10.9 Å². The van der Waals surface area contributed by atoms with Crippen molar-refractivity contribution in [2.45, 2.75) is 6.67 Å². The molecule has 9 nitrogen and oxygen atoms in total. The van der Waals surface area contributed by atoms with Gasteiger partial charge in [0.05, 0.1) is 25.1 Å². The Kier molecular flexibility index (Phi) is 4.24. The first-order valence-corrected chi connectivity index (χ1v) is 5.96.